The summed E-state index contributed by atoms with van der Waals surface area (Å²) in [5.74, 6) is -1.78. The van der Waals surface area contributed by atoms with Crippen LogP contribution in [-0.4, -0.2) is 33.1 Å². The van der Waals surface area contributed by atoms with Crippen molar-refractivity contribution in [1.29, 1.82) is 0 Å². The third-order valence-corrected chi connectivity index (χ3v) is 7.30. The Morgan fingerprint density at radius 1 is 1.05 bits per heavy atom. The minimum atomic E-state index is -1.24. The highest BCUT2D eigenvalue weighted by molar-refractivity contribution is 6.00. The topological polar surface area (TPSA) is 146 Å². The molecule has 3 aromatic heterocycles. The Kier molecular flexibility index (Phi) is 6.25. The molecule has 0 bridgehead atoms. The van der Waals surface area contributed by atoms with Gasteiger partial charge in [0.05, 0.1) is 18.2 Å². The van der Waals surface area contributed by atoms with Gasteiger partial charge in [0.2, 0.25) is 5.91 Å². The van der Waals surface area contributed by atoms with Crippen LogP contribution in [0.5, 0.6) is 5.75 Å². The third kappa shape index (κ3) is 4.65. The van der Waals surface area contributed by atoms with Crippen molar-refractivity contribution in [3.8, 4) is 5.75 Å². The summed E-state index contributed by atoms with van der Waals surface area (Å²) < 4.78 is 11.5. The fourth-order valence-electron chi connectivity index (χ4n) is 5.14. The number of furan rings is 1. The molecule has 2 aromatic carbocycles. The number of carboxylic acids is 1. The van der Waals surface area contributed by atoms with Gasteiger partial charge in [-0.2, -0.15) is 0 Å². The zero-order chi connectivity index (χ0) is 28.2. The van der Waals surface area contributed by atoms with Crippen molar-refractivity contribution in [2.45, 2.75) is 58.9 Å². The Bertz CT molecular complexity index is 1830. The number of amides is 1. The summed E-state index contributed by atoms with van der Waals surface area (Å²) >= 11 is 0. The fourth-order valence-corrected chi connectivity index (χ4v) is 5.14. The molecule has 9 nitrogen and oxygen atoms in total. The number of carboxylic acid groups (broad SMARTS) is 1. The van der Waals surface area contributed by atoms with Gasteiger partial charge in [-0.15, -0.1) is 0 Å². The second-order valence-corrected chi connectivity index (χ2v) is 11.0. The van der Waals surface area contributed by atoms with Gasteiger partial charge < -0.3 is 29.3 Å². The first kappa shape index (κ1) is 26.1. The maximum Gasteiger partial charge on any atom is 0.340 e. The normalized spacial score (nSPS) is 12.8. The molecule has 1 atom stereocenters. The van der Waals surface area contributed by atoms with Crippen LogP contribution in [0.1, 0.15) is 48.6 Å². The van der Waals surface area contributed by atoms with Crippen LogP contribution in [0.4, 0.5) is 0 Å². The molecule has 0 fully saturated rings. The van der Waals surface area contributed by atoms with Crippen molar-refractivity contribution in [1.82, 2.24) is 10.3 Å². The smallest absolute Gasteiger partial charge is 0.340 e. The molecule has 5 rings (SSSR count). The first-order valence-electron chi connectivity index (χ1n) is 12.6. The summed E-state index contributed by atoms with van der Waals surface area (Å²) in [6.45, 7) is 9.85. The van der Waals surface area contributed by atoms with Crippen molar-refractivity contribution < 1.29 is 28.6 Å². The Labute approximate surface area is 223 Å². The van der Waals surface area contributed by atoms with Crippen molar-refractivity contribution in [2.24, 2.45) is 0 Å². The molecule has 0 unspecified atom stereocenters. The van der Waals surface area contributed by atoms with E-state index in [1.165, 1.54) is 12.1 Å². The number of benzene rings is 2. The summed E-state index contributed by atoms with van der Waals surface area (Å²) in [6.07, 6.45) is 3.03. The van der Waals surface area contributed by atoms with Crippen LogP contribution in [0.25, 0.3) is 32.8 Å². The van der Waals surface area contributed by atoms with E-state index in [1.54, 1.807) is 25.5 Å². The first-order chi connectivity index (χ1) is 18.3. The van der Waals surface area contributed by atoms with Crippen molar-refractivity contribution in [3.63, 3.8) is 0 Å². The Morgan fingerprint density at radius 3 is 2.49 bits per heavy atom. The number of carbonyl (C=O) groups excluding carboxylic acids is 1. The lowest BCUT2D eigenvalue weighted by Crippen LogP contribution is -2.43. The predicted molar refractivity (Wildman–Crippen MR) is 147 cm³/mol. The molecule has 0 radical (unpaired) electrons. The van der Waals surface area contributed by atoms with Gasteiger partial charge in [0.1, 0.15) is 23.0 Å². The molecule has 39 heavy (non-hydrogen) atoms. The van der Waals surface area contributed by atoms with E-state index < -0.39 is 23.5 Å². The highest BCUT2D eigenvalue weighted by Crippen LogP contribution is 2.37. The second-order valence-electron chi connectivity index (χ2n) is 11.0. The number of nitrogens with one attached hydrogen (secondary N) is 2. The van der Waals surface area contributed by atoms with Gasteiger partial charge in [-0.05, 0) is 54.7 Å². The van der Waals surface area contributed by atoms with E-state index in [2.05, 4.69) is 31.1 Å². The number of carbonyl (C=O) groups is 2. The lowest BCUT2D eigenvalue weighted by atomic mass is 9.86. The molecule has 0 aliphatic heterocycles. The molecule has 0 saturated carbocycles. The van der Waals surface area contributed by atoms with Gasteiger partial charge >= 0.3 is 11.6 Å². The fraction of sp³-hybridized carbons (Fsp3) is 0.300. The Balaban J connectivity index is 1.46. The Hall–Kier alpha value is -4.53. The lowest BCUT2D eigenvalue weighted by Gasteiger charge is -2.17. The van der Waals surface area contributed by atoms with Crippen molar-refractivity contribution in [3.05, 3.63) is 75.0 Å². The number of aromatic hydroxyl groups is 1. The molecule has 1 amide bonds. The lowest BCUT2D eigenvalue weighted by molar-refractivity contribution is -0.141. The number of phenolic OH excluding ortho intramolecular Hbond substituents is 1. The van der Waals surface area contributed by atoms with E-state index in [0.29, 0.717) is 38.6 Å². The number of fused-ring (bicyclic) bond motifs is 3. The van der Waals surface area contributed by atoms with E-state index in [-0.39, 0.29) is 29.6 Å². The van der Waals surface area contributed by atoms with Crippen LogP contribution in [0.3, 0.4) is 0 Å². The number of phenols is 1. The largest absolute Gasteiger partial charge is 0.508 e. The molecule has 0 aliphatic carbocycles. The summed E-state index contributed by atoms with van der Waals surface area (Å²) in [7, 11) is 0. The summed E-state index contributed by atoms with van der Waals surface area (Å²) in [6, 6.07) is 5.44. The van der Waals surface area contributed by atoms with Gasteiger partial charge in [-0.3, -0.25) is 4.79 Å². The minimum absolute atomic E-state index is 0.0108. The maximum atomic E-state index is 13.0. The first-order valence-corrected chi connectivity index (χ1v) is 12.6. The third-order valence-electron chi connectivity index (χ3n) is 7.30. The van der Waals surface area contributed by atoms with E-state index in [1.807, 2.05) is 13.0 Å². The van der Waals surface area contributed by atoms with Gasteiger partial charge in [0, 0.05) is 45.4 Å². The van der Waals surface area contributed by atoms with Crippen LogP contribution in [0.15, 0.2) is 50.4 Å². The van der Waals surface area contributed by atoms with Crippen LogP contribution in [0, 0.1) is 13.8 Å². The molecule has 9 heteroatoms. The van der Waals surface area contributed by atoms with E-state index in [9.17, 15) is 24.6 Å². The maximum absolute atomic E-state index is 13.0. The van der Waals surface area contributed by atoms with Crippen molar-refractivity contribution >= 4 is 44.7 Å². The second kappa shape index (κ2) is 9.34. The number of aromatic amines is 1. The number of aromatic nitrogens is 1. The average Bonchev–Trinajstić information content (AvgIpc) is 3.46. The summed E-state index contributed by atoms with van der Waals surface area (Å²) in [5.41, 5.74) is 4.06. The highest BCUT2D eigenvalue weighted by atomic mass is 16.4. The van der Waals surface area contributed by atoms with Crippen LogP contribution < -0.4 is 10.9 Å². The molecule has 3 heterocycles. The summed E-state index contributed by atoms with van der Waals surface area (Å²) in [5, 5.41) is 24.4. The molecule has 5 aromatic rings. The van der Waals surface area contributed by atoms with E-state index in [0.717, 1.165) is 16.5 Å². The molecule has 202 valence electrons. The van der Waals surface area contributed by atoms with Crippen molar-refractivity contribution in [2.75, 3.05) is 0 Å². The van der Waals surface area contributed by atoms with Gasteiger partial charge in [0.25, 0.3) is 0 Å². The molecule has 0 aliphatic rings. The number of hydrogen-bond donors (Lipinski definition) is 4. The van der Waals surface area contributed by atoms with Gasteiger partial charge in [-0.25, -0.2) is 9.59 Å². The standard InChI is InChI=1S/C30H30N2O7/c1-14-18-10-21-22(30(3,4)5)13-38-26(21)15(2)27(18)39-29(37)19(14)11-25(34)32-24(28(35)36)8-16-12-31-23-7-6-17(33)9-20(16)23/h6-7,9-10,12-13,24,31,33H,8,11H2,1-5H3,(H,32,34)(H,35,36)/t24-/m0/s1. The number of hydrogen-bond acceptors (Lipinski definition) is 6. The van der Waals surface area contributed by atoms with Gasteiger partial charge in [-0.1, -0.05) is 20.8 Å². The SMILES string of the molecule is Cc1c(CC(=O)N[C@@H](Cc2c[nH]c3ccc(O)cc23)C(=O)O)c(=O)oc2c(C)c3occ(C(C)(C)C)c3cc12. The molecule has 0 spiro atoms. The highest BCUT2D eigenvalue weighted by Gasteiger charge is 2.26. The summed E-state index contributed by atoms with van der Waals surface area (Å²) in [4.78, 5) is 41.0. The van der Waals surface area contributed by atoms with E-state index >= 15 is 0 Å². The van der Waals surface area contributed by atoms with Crippen LogP contribution in [-0.2, 0) is 27.8 Å². The van der Waals surface area contributed by atoms with Crippen LogP contribution >= 0.6 is 0 Å². The number of H-pyrrole nitrogens is 1. The molecular weight excluding hydrogens is 500 g/mol. The predicted octanol–water partition coefficient (Wildman–Crippen LogP) is 5.00. The molecular formula is C30H30N2O7. The molecule has 4 N–H and O–H groups in total. The number of rotatable bonds is 6. The average molecular weight is 531 g/mol. The minimum Gasteiger partial charge on any atom is -0.508 e. The monoisotopic (exact) mass is 530 g/mol. The quantitative estimate of drug-likeness (QED) is 0.226. The molecule has 0 saturated heterocycles. The van der Waals surface area contributed by atoms with Gasteiger partial charge in [0.15, 0.2) is 0 Å². The zero-order valence-electron chi connectivity index (χ0n) is 22.4. The Morgan fingerprint density at radius 2 is 1.79 bits per heavy atom. The number of aliphatic carboxylic acids is 1. The van der Waals surface area contributed by atoms with E-state index in [4.69, 9.17) is 8.83 Å². The number of aryl methyl sites for hydroxylation is 2. The van der Waals surface area contributed by atoms with Crippen LogP contribution in [0.2, 0.25) is 0 Å². The zero-order valence-corrected chi connectivity index (χ0v) is 22.4.